The van der Waals surface area contributed by atoms with Crippen molar-refractivity contribution in [3.05, 3.63) is 40.2 Å². The molecule has 0 spiro atoms. The lowest BCUT2D eigenvalue weighted by molar-refractivity contribution is 0.0600. The zero-order valence-corrected chi connectivity index (χ0v) is 10.1. The molecule has 0 amide bonds. The first-order valence-corrected chi connectivity index (χ1v) is 5.91. The molecule has 0 aliphatic rings. The van der Waals surface area contributed by atoms with Crippen LogP contribution in [-0.4, -0.2) is 18.1 Å². The van der Waals surface area contributed by atoms with Gasteiger partial charge in [0.05, 0.1) is 24.7 Å². The van der Waals surface area contributed by atoms with Gasteiger partial charge in [-0.3, -0.25) is 4.98 Å². The van der Waals surface area contributed by atoms with Crippen LogP contribution in [0.5, 0.6) is 0 Å². The van der Waals surface area contributed by atoms with Crippen LogP contribution in [0, 0.1) is 0 Å². The molecule has 0 aromatic carbocycles. The minimum absolute atomic E-state index is 0.387. The summed E-state index contributed by atoms with van der Waals surface area (Å²) in [4.78, 5) is 16.3. The molecule has 1 N–H and O–H groups in total. The van der Waals surface area contributed by atoms with Crippen LogP contribution in [0.25, 0.3) is 0 Å². The Labute approximate surface area is 102 Å². The molecule has 0 unspecified atom stereocenters. The van der Waals surface area contributed by atoms with E-state index >= 15 is 0 Å². The van der Waals surface area contributed by atoms with Crippen molar-refractivity contribution in [1.82, 2.24) is 10.3 Å². The number of aromatic nitrogens is 1. The first-order chi connectivity index (χ1) is 8.29. The predicted octanol–water partition coefficient (Wildman–Crippen LogP) is 1.81. The highest BCUT2D eigenvalue weighted by Crippen LogP contribution is 2.10. The topological polar surface area (TPSA) is 64.4 Å². The summed E-state index contributed by atoms with van der Waals surface area (Å²) >= 11 is 1.59. The number of carbonyl (C=O) groups is 1. The van der Waals surface area contributed by atoms with Crippen molar-refractivity contribution in [2.45, 2.75) is 13.1 Å². The summed E-state index contributed by atoms with van der Waals surface area (Å²) in [6.45, 7) is 1.30. The molecule has 0 aliphatic carbocycles. The lowest BCUT2D eigenvalue weighted by Gasteiger charge is -1.98. The highest BCUT2D eigenvalue weighted by molar-refractivity contribution is 7.09. The third-order valence-corrected chi connectivity index (χ3v) is 2.94. The Morgan fingerprint density at radius 1 is 1.59 bits per heavy atom. The van der Waals surface area contributed by atoms with E-state index in [1.165, 1.54) is 13.4 Å². The number of nitrogens with one attached hydrogen (secondary N) is 1. The molecule has 2 rings (SSSR count). The third-order valence-electron chi connectivity index (χ3n) is 2.16. The van der Waals surface area contributed by atoms with Gasteiger partial charge in [-0.15, -0.1) is 11.3 Å². The highest BCUT2D eigenvalue weighted by Gasteiger charge is 2.09. The number of hydrogen-bond donors (Lipinski definition) is 1. The zero-order valence-electron chi connectivity index (χ0n) is 9.30. The maximum atomic E-state index is 11.2. The van der Waals surface area contributed by atoms with Crippen molar-refractivity contribution in [3.63, 3.8) is 0 Å². The van der Waals surface area contributed by atoms with Crippen LogP contribution in [0.1, 0.15) is 21.0 Å². The van der Waals surface area contributed by atoms with E-state index in [0.29, 0.717) is 17.9 Å². The second kappa shape index (κ2) is 5.60. The van der Waals surface area contributed by atoms with Gasteiger partial charge in [-0.25, -0.2) is 4.79 Å². The Kier molecular flexibility index (Phi) is 3.89. The first-order valence-electron chi connectivity index (χ1n) is 5.03. The quantitative estimate of drug-likeness (QED) is 0.822. The van der Waals surface area contributed by atoms with Crippen LogP contribution in [0.4, 0.5) is 0 Å². The van der Waals surface area contributed by atoms with Gasteiger partial charge < -0.3 is 14.5 Å². The van der Waals surface area contributed by atoms with Gasteiger partial charge in [-0.2, -0.15) is 0 Å². The minimum atomic E-state index is -0.387. The van der Waals surface area contributed by atoms with Gasteiger partial charge in [-0.05, 0) is 6.07 Å². The number of hydrogen-bond acceptors (Lipinski definition) is 6. The van der Waals surface area contributed by atoms with Crippen LogP contribution in [0.15, 0.2) is 28.5 Å². The maximum absolute atomic E-state index is 11.2. The predicted molar refractivity (Wildman–Crippen MR) is 62.7 cm³/mol. The molecular weight excluding hydrogens is 240 g/mol. The summed E-state index contributed by atoms with van der Waals surface area (Å²) in [6.07, 6.45) is 3.22. The van der Waals surface area contributed by atoms with Gasteiger partial charge in [-0.1, -0.05) is 0 Å². The molecule has 0 fully saturated rings. The van der Waals surface area contributed by atoms with Crippen molar-refractivity contribution < 1.29 is 13.9 Å². The fraction of sp³-hybridized carbons (Fsp3) is 0.273. The SMILES string of the molecule is COC(=O)c1coc(CNCc2cncs2)c1. The molecule has 17 heavy (non-hydrogen) atoms. The molecule has 2 aromatic heterocycles. The second-order valence-corrected chi connectivity index (χ2v) is 4.34. The van der Waals surface area contributed by atoms with E-state index in [0.717, 1.165) is 11.4 Å². The van der Waals surface area contributed by atoms with Crippen molar-refractivity contribution >= 4 is 17.3 Å². The molecule has 0 radical (unpaired) electrons. The normalized spacial score (nSPS) is 10.4. The van der Waals surface area contributed by atoms with Gasteiger partial charge in [0.2, 0.25) is 0 Å². The standard InChI is InChI=1S/C11H12N2O3S/c1-15-11(14)8-2-9(16-6-8)3-12-4-10-5-13-7-17-10/h2,5-7,12H,3-4H2,1H3. The number of thiazole rings is 1. The molecule has 0 aliphatic heterocycles. The summed E-state index contributed by atoms with van der Waals surface area (Å²) in [5.74, 6) is 0.317. The number of furan rings is 1. The fourth-order valence-corrected chi connectivity index (χ4v) is 1.90. The number of nitrogens with zero attached hydrogens (tertiary/aromatic N) is 1. The molecule has 6 heteroatoms. The molecular formula is C11H12N2O3S. The van der Waals surface area contributed by atoms with E-state index < -0.39 is 0 Å². The van der Waals surface area contributed by atoms with Crippen LogP contribution >= 0.6 is 11.3 Å². The highest BCUT2D eigenvalue weighted by atomic mass is 32.1. The largest absolute Gasteiger partial charge is 0.467 e. The van der Waals surface area contributed by atoms with Crippen molar-refractivity contribution in [1.29, 1.82) is 0 Å². The average Bonchev–Trinajstić information content (AvgIpc) is 2.99. The lowest BCUT2D eigenvalue weighted by atomic mass is 10.3. The Hall–Kier alpha value is -1.66. The van der Waals surface area contributed by atoms with Crippen LogP contribution in [0.3, 0.4) is 0 Å². The van der Waals surface area contributed by atoms with E-state index in [1.807, 2.05) is 6.20 Å². The fourth-order valence-electron chi connectivity index (χ4n) is 1.34. The summed E-state index contributed by atoms with van der Waals surface area (Å²) in [6, 6.07) is 1.67. The summed E-state index contributed by atoms with van der Waals surface area (Å²) in [7, 11) is 1.34. The van der Waals surface area contributed by atoms with E-state index in [1.54, 1.807) is 22.9 Å². The van der Waals surface area contributed by atoms with Gasteiger partial charge in [0, 0.05) is 17.6 Å². The molecule has 0 atom stereocenters. The first kappa shape index (κ1) is 11.8. The third kappa shape index (κ3) is 3.15. The lowest BCUT2D eigenvalue weighted by Crippen LogP contribution is -2.11. The Bertz CT molecular complexity index is 479. The van der Waals surface area contributed by atoms with Crippen molar-refractivity contribution in [2.24, 2.45) is 0 Å². The van der Waals surface area contributed by atoms with E-state index in [-0.39, 0.29) is 5.97 Å². The maximum Gasteiger partial charge on any atom is 0.341 e. The number of ether oxygens (including phenoxy) is 1. The minimum Gasteiger partial charge on any atom is -0.467 e. The van der Waals surface area contributed by atoms with E-state index in [4.69, 9.17) is 4.42 Å². The molecule has 0 saturated heterocycles. The molecule has 2 heterocycles. The Morgan fingerprint density at radius 3 is 3.18 bits per heavy atom. The average molecular weight is 252 g/mol. The number of rotatable bonds is 5. The van der Waals surface area contributed by atoms with Crippen LogP contribution in [-0.2, 0) is 17.8 Å². The van der Waals surface area contributed by atoms with E-state index in [2.05, 4.69) is 15.0 Å². The van der Waals surface area contributed by atoms with Crippen LogP contribution < -0.4 is 5.32 Å². The van der Waals surface area contributed by atoms with Gasteiger partial charge in [0.1, 0.15) is 12.0 Å². The van der Waals surface area contributed by atoms with Gasteiger partial charge in [0.25, 0.3) is 0 Å². The molecule has 90 valence electrons. The number of esters is 1. The molecule has 5 nitrogen and oxygen atoms in total. The smallest absolute Gasteiger partial charge is 0.341 e. The van der Waals surface area contributed by atoms with Crippen molar-refractivity contribution in [3.8, 4) is 0 Å². The van der Waals surface area contributed by atoms with Gasteiger partial charge in [0.15, 0.2) is 0 Å². The summed E-state index contributed by atoms with van der Waals surface area (Å²) in [5, 5.41) is 3.20. The number of methoxy groups -OCH3 is 1. The summed E-state index contributed by atoms with van der Waals surface area (Å²) in [5.41, 5.74) is 2.22. The number of carbonyl (C=O) groups excluding carboxylic acids is 1. The van der Waals surface area contributed by atoms with E-state index in [9.17, 15) is 4.79 Å². The van der Waals surface area contributed by atoms with Crippen LogP contribution in [0.2, 0.25) is 0 Å². The second-order valence-electron chi connectivity index (χ2n) is 3.36. The zero-order chi connectivity index (χ0) is 12.1. The molecule has 0 saturated carbocycles. The monoisotopic (exact) mass is 252 g/mol. The van der Waals surface area contributed by atoms with Gasteiger partial charge >= 0.3 is 5.97 Å². The summed E-state index contributed by atoms with van der Waals surface area (Å²) < 4.78 is 9.82. The Balaban J connectivity index is 1.83. The Morgan fingerprint density at radius 2 is 2.47 bits per heavy atom. The molecule has 2 aromatic rings. The van der Waals surface area contributed by atoms with Crippen molar-refractivity contribution in [2.75, 3.05) is 7.11 Å². The molecule has 0 bridgehead atoms.